The molecule has 2 aromatic heterocycles. The number of rotatable bonds is 7. The van der Waals surface area contributed by atoms with E-state index in [1.54, 1.807) is 23.6 Å². The van der Waals surface area contributed by atoms with Crippen LogP contribution in [0.25, 0.3) is 10.9 Å². The summed E-state index contributed by atoms with van der Waals surface area (Å²) in [5, 5.41) is 8.53. The zero-order chi connectivity index (χ0) is 22.7. The molecule has 166 valence electrons. The third-order valence-corrected chi connectivity index (χ3v) is 6.91. The molecule has 3 aromatic rings. The molecule has 0 fully saturated rings. The molecular formula is C22H22N4O4S2. The highest BCUT2D eigenvalue weighted by atomic mass is 32.2. The predicted molar refractivity (Wildman–Crippen MR) is 125 cm³/mol. The molecule has 10 heteroatoms. The number of hydrogen-bond acceptors (Lipinski definition) is 7. The molecule has 0 unspecified atom stereocenters. The number of hydrogen-bond donors (Lipinski definition) is 2. The molecule has 1 aromatic carbocycles. The zero-order valence-electron chi connectivity index (χ0n) is 17.6. The molecule has 1 atom stereocenters. The van der Waals surface area contributed by atoms with Crippen LogP contribution in [-0.4, -0.2) is 33.9 Å². The Morgan fingerprint density at radius 3 is 2.75 bits per heavy atom. The van der Waals surface area contributed by atoms with Crippen LogP contribution in [0.15, 0.2) is 63.0 Å². The quantitative estimate of drug-likeness (QED) is 0.312. The maximum absolute atomic E-state index is 12.9. The average molecular weight is 471 g/mol. The van der Waals surface area contributed by atoms with Gasteiger partial charge in [-0.25, -0.2) is 14.6 Å². The minimum Gasteiger partial charge on any atom is -0.463 e. The Bertz CT molecular complexity index is 1250. The summed E-state index contributed by atoms with van der Waals surface area (Å²) in [6.07, 6.45) is 0. The van der Waals surface area contributed by atoms with Gasteiger partial charge >= 0.3 is 12.0 Å². The Balaban J connectivity index is 1.74. The predicted octanol–water partition coefficient (Wildman–Crippen LogP) is 3.44. The van der Waals surface area contributed by atoms with Crippen LogP contribution in [0.4, 0.5) is 4.79 Å². The van der Waals surface area contributed by atoms with Crippen molar-refractivity contribution in [2.24, 2.45) is 0 Å². The summed E-state index contributed by atoms with van der Waals surface area (Å²) in [7, 11) is 0. The van der Waals surface area contributed by atoms with Crippen molar-refractivity contribution in [3.63, 3.8) is 0 Å². The van der Waals surface area contributed by atoms with Crippen molar-refractivity contribution in [3.8, 4) is 0 Å². The molecule has 4 rings (SSSR count). The fraction of sp³-hybridized carbons (Fsp3) is 0.273. The highest BCUT2D eigenvalue weighted by Gasteiger charge is 2.34. The minimum atomic E-state index is -0.601. The van der Waals surface area contributed by atoms with Gasteiger partial charge in [0, 0.05) is 22.9 Å². The van der Waals surface area contributed by atoms with E-state index in [1.165, 1.54) is 23.1 Å². The third kappa shape index (κ3) is 4.28. The molecule has 8 nitrogen and oxygen atoms in total. The Kier molecular flexibility index (Phi) is 6.61. The van der Waals surface area contributed by atoms with Crippen molar-refractivity contribution >= 4 is 46.0 Å². The molecule has 0 spiro atoms. The number of benzene rings is 1. The number of thiophene rings is 1. The van der Waals surface area contributed by atoms with Gasteiger partial charge in [0.2, 0.25) is 0 Å². The molecular weight excluding hydrogens is 448 g/mol. The maximum Gasteiger partial charge on any atom is 0.338 e. The van der Waals surface area contributed by atoms with Crippen LogP contribution in [-0.2, 0) is 16.1 Å². The number of carbonyl (C=O) groups excluding carboxylic acids is 2. The summed E-state index contributed by atoms with van der Waals surface area (Å²) in [6, 6.07) is 9.93. The summed E-state index contributed by atoms with van der Waals surface area (Å²) < 4.78 is 6.88. The number of ether oxygens (including phenoxy) is 1. The topological polar surface area (TPSA) is 102 Å². The van der Waals surface area contributed by atoms with Gasteiger partial charge in [-0.15, -0.1) is 11.3 Å². The van der Waals surface area contributed by atoms with Crippen LogP contribution in [0.2, 0.25) is 0 Å². The first kappa shape index (κ1) is 22.1. The number of thioether (sulfide) groups is 1. The maximum atomic E-state index is 12.9. The van der Waals surface area contributed by atoms with Crippen LogP contribution in [0.1, 0.15) is 24.8 Å². The van der Waals surface area contributed by atoms with E-state index in [0.29, 0.717) is 33.9 Å². The lowest BCUT2D eigenvalue weighted by Gasteiger charge is -2.28. The molecule has 32 heavy (non-hydrogen) atoms. The molecule has 0 radical (unpaired) electrons. The first-order valence-electron chi connectivity index (χ1n) is 10.2. The minimum absolute atomic E-state index is 0.119. The van der Waals surface area contributed by atoms with Gasteiger partial charge in [0.15, 0.2) is 5.16 Å². The third-order valence-electron chi connectivity index (χ3n) is 4.97. The number of fused-ring (bicyclic) bond motifs is 1. The highest BCUT2D eigenvalue weighted by Crippen LogP contribution is 2.32. The summed E-state index contributed by atoms with van der Waals surface area (Å²) in [6.45, 7) is 4.29. The van der Waals surface area contributed by atoms with E-state index in [2.05, 4.69) is 15.6 Å². The fourth-order valence-corrected chi connectivity index (χ4v) is 5.34. The monoisotopic (exact) mass is 470 g/mol. The van der Waals surface area contributed by atoms with Crippen molar-refractivity contribution in [1.82, 2.24) is 20.2 Å². The molecule has 2 N–H and O–H groups in total. The second kappa shape index (κ2) is 9.58. The molecule has 0 saturated heterocycles. The molecule has 0 aliphatic carbocycles. The summed E-state index contributed by atoms with van der Waals surface area (Å²) in [5.41, 5.74) is 1.29. The van der Waals surface area contributed by atoms with Crippen molar-refractivity contribution in [2.75, 3.05) is 12.4 Å². The first-order valence-corrected chi connectivity index (χ1v) is 12.0. The van der Waals surface area contributed by atoms with Gasteiger partial charge in [-0.2, -0.15) is 0 Å². The summed E-state index contributed by atoms with van der Waals surface area (Å²) in [5.74, 6) is -0.248. The Hall–Kier alpha value is -3.11. The van der Waals surface area contributed by atoms with E-state index in [4.69, 9.17) is 4.74 Å². The Labute approximate surface area is 192 Å². The van der Waals surface area contributed by atoms with Gasteiger partial charge in [0.05, 0.1) is 29.1 Å². The van der Waals surface area contributed by atoms with Gasteiger partial charge in [-0.1, -0.05) is 30.0 Å². The smallest absolute Gasteiger partial charge is 0.338 e. The largest absolute Gasteiger partial charge is 0.463 e. The van der Waals surface area contributed by atoms with Gasteiger partial charge in [-0.05, 0) is 37.4 Å². The second-order valence-corrected chi connectivity index (χ2v) is 8.83. The number of nitrogens with one attached hydrogen (secondary N) is 2. The van der Waals surface area contributed by atoms with Crippen LogP contribution in [0, 0.1) is 0 Å². The summed E-state index contributed by atoms with van der Waals surface area (Å²) >= 11 is 2.74. The number of carbonyl (C=O) groups is 2. The summed E-state index contributed by atoms with van der Waals surface area (Å²) in [4.78, 5) is 43.6. The lowest BCUT2D eigenvalue weighted by molar-refractivity contribution is -0.139. The fourth-order valence-electron chi connectivity index (χ4n) is 3.52. The lowest BCUT2D eigenvalue weighted by atomic mass is 10.0. The van der Waals surface area contributed by atoms with Crippen LogP contribution in [0.5, 0.6) is 0 Å². The van der Waals surface area contributed by atoms with Gasteiger partial charge in [0.1, 0.15) is 0 Å². The number of urea groups is 1. The molecule has 3 heterocycles. The van der Waals surface area contributed by atoms with Crippen LogP contribution in [0.3, 0.4) is 0 Å². The Morgan fingerprint density at radius 1 is 1.22 bits per heavy atom. The molecule has 1 aliphatic heterocycles. The van der Waals surface area contributed by atoms with Crippen molar-refractivity contribution in [2.45, 2.75) is 31.6 Å². The number of nitrogens with zero attached hydrogens (tertiary/aromatic N) is 2. The van der Waals surface area contributed by atoms with E-state index < -0.39 is 18.0 Å². The van der Waals surface area contributed by atoms with E-state index in [9.17, 15) is 14.4 Å². The van der Waals surface area contributed by atoms with E-state index in [0.717, 1.165) is 4.88 Å². The SMILES string of the molecule is CCOC(=O)C1=C(CSc2nc3ccccc3c(=O)n2CC)NC(=O)N[C@H]1c1cccs1. The highest BCUT2D eigenvalue weighted by molar-refractivity contribution is 7.99. The van der Waals surface area contributed by atoms with E-state index in [1.807, 2.05) is 36.6 Å². The van der Waals surface area contributed by atoms with Crippen LogP contribution < -0.4 is 16.2 Å². The van der Waals surface area contributed by atoms with E-state index in [-0.39, 0.29) is 17.9 Å². The lowest BCUT2D eigenvalue weighted by Crippen LogP contribution is -2.46. The van der Waals surface area contributed by atoms with Crippen LogP contribution >= 0.6 is 23.1 Å². The molecule has 0 bridgehead atoms. The van der Waals surface area contributed by atoms with E-state index >= 15 is 0 Å². The van der Waals surface area contributed by atoms with Gasteiger partial charge in [0.25, 0.3) is 5.56 Å². The Morgan fingerprint density at radius 2 is 2.03 bits per heavy atom. The van der Waals surface area contributed by atoms with Crippen molar-refractivity contribution in [1.29, 1.82) is 0 Å². The molecule has 0 saturated carbocycles. The number of para-hydroxylation sites is 1. The van der Waals surface area contributed by atoms with Gasteiger partial charge in [-0.3, -0.25) is 9.36 Å². The van der Waals surface area contributed by atoms with Gasteiger partial charge < -0.3 is 15.4 Å². The first-order chi connectivity index (χ1) is 15.5. The number of aromatic nitrogens is 2. The average Bonchev–Trinajstić information content (AvgIpc) is 3.32. The zero-order valence-corrected chi connectivity index (χ0v) is 19.2. The van der Waals surface area contributed by atoms with Crippen molar-refractivity contribution < 1.29 is 14.3 Å². The number of esters is 1. The molecule has 2 amide bonds. The van der Waals surface area contributed by atoms with Crippen molar-refractivity contribution in [3.05, 3.63) is 68.3 Å². The normalized spacial score (nSPS) is 16.1. The molecule has 1 aliphatic rings. The second-order valence-electron chi connectivity index (χ2n) is 6.91. The number of amides is 2. The standard InChI is InChI=1S/C22H22N4O4S2/c1-3-26-19(27)13-8-5-6-9-14(13)24-22(26)32-12-15-17(20(28)30-4-2)18(25-21(29)23-15)16-10-7-11-31-16/h5-11,18H,3-4,12H2,1-2H3,(H2,23,25,29)/t18-/m0/s1.